The minimum Gasteiger partial charge on any atom is -0.379 e. The van der Waals surface area contributed by atoms with Crippen molar-refractivity contribution >= 4 is 16.8 Å². The molecule has 6 nitrogen and oxygen atoms in total. The van der Waals surface area contributed by atoms with Gasteiger partial charge in [-0.1, -0.05) is 42.5 Å². The number of imidazole rings is 1. The Hall–Kier alpha value is -3.51. The van der Waals surface area contributed by atoms with E-state index in [1.54, 1.807) is 6.20 Å². The number of amides is 1. The highest BCUT2D eigenvalue weighted by molar-refractivity contribution is 5.95. The molecule has 0 radical (unpaired) electrons. The lowest BCUT2D eigenvalue weighted by molar-refractivity contribution is 0.0736. The lowest BCUT2D eigenvalue weighted by Gasteiger charge is -2.25. The lowest BCUT2D eigenvalue weighted by Crippen LogP contribution is -2.37. The first-order valence-electron chi connectivity index (χ1n) is 11.4. The Morgan fingerprint density at radius 2 is 1.88 bits per heavy atom. The number of pyridine rings is 1. The number of carbonyl (C=O) groups is 1. The number of hydrogen-bond acceptors (Lipinski definition) is 4. The van der Waals surface area contributed by atoms with Crippen molar-refractivity contribution in [1.82, 2.24) is 19.4 Å². The van der Waals surface area contributed by atoms with Crippen molar-refractivity contribution in [2.24, 2.45) is 5.92 Å². The predicted molar refractivity (Wildman–Crippen MR) is 128 cm³/mol. The van der Waals surface area contributed by atoms with E-state index in [0.717, 1.165) is 34.3 Å². The average molecular weight is 441 g/mol. The quantitative estimate of drug-likeness (QED) is 0.468. The second-order valence-electron chi connectivity index (χ2n) is 8.65. The highest BCUT2D eigenvalue weighted by Crippen LogP contribution is 2.22. The van der Waals surface area contributed by atoms with E-state index in [-0.39, 0.29) is 11.8 Å². The summed E-state index contributed by atoms with van der Waals surface area (Å²) in [5.74, 6) is 1.21. The van der Waals surface area contributed by atoms with E-state index in [2.05, 4.69) is 38.8 Å². The molecule has 1 aliphatic heterocycles. The first-order chi connectivity index (χ1) is 16.2. The molecule has 33 heavy (non-hydrogen) atoms. The van der Waals surface area contributed by atoms with Crippen molar-refractivity contribution in [3.63, 3.8) is 0 Å². The van der Waals surface area contributed by atoms with Gasteiger partial charge in [0.05, 0.1) is 18.7 Å². The van der Waals surface area contributed by atoms with E-state index in [1.807, 2.05) is 54.5 Å². The summed E-state index contributed by atoms with van der Waals surface area (Å²) < 4.78 is 7.98. The summed E-state index contributed by atoms with van der Waals surface area (Å²) in [7, 11) is 0. The largest absolute Gasteiger partial charge is 0.379 e. The normalized spacial score (nSPS) is 16.6. The van der Waals surface area contributed by atoms with Gasteiger partial charge in [0.15, 0.2) is 0 Å². The topological polar surface area (TPSA) is 60.2 Å². The number of nitrogens with zero attached hydrogens (tertiary/aromatic N) is 4. The molecule has 0 bridgehead atoms. The first-order valence-corrected chi connectivity index (χ1v) is 11.4. The van der Waals surface area contributed by atoms with Crippen LogP contribution in [-0.4, -0.2) is 51.6 Å². The van der Waals surface area contributed by atoms with Gasteiger partial charge in [0, 0.05) is 55.1 Å². The second-order valence-corrected chi connectivity index (χ2v) is 8.65. The number of fused-ring (bicyclic) bond motifs is 1. The third-order valence-electron chi connectivity index (χ3n) is 6.36. The Kier molecular flexibility index (Phi) is 6.17. The number of hydrogen-bond donors (Lipinski definition) is 0. The van der Waals surface area contributed by atoms with Crippen LogP contribution in [-0.2, 0) is 17.7 Å². The van der Waals surface area contributed by atoms with Crippen molar-refractivity contribution in [3.8, 4) is 0 Å². The lowest BCUT2D eigenvalue weighted by atomic mass is 9.97. The van der Waals surface area contributed by atoms with Crippen LogP contribution < -0.4 is 0 Å². The molecule has 1 fully saturated rings. The molecular formula is C27H28N4O2. The third-order valence-corrected chi connectivity index (χ3v) is 6.36. The number of para-hydroxylation sites is 1. The zero-order valence-corrected chi connectivity index (χ0v) is 18.9. The van der Waals surface area contributed by atoms with Crippen LogP contribution in [0.1, 0.15) is 27.3 Å². The standard InChI is InChI=1S/C27H28N4O2/c1-20-28-12-13-30(20)18-24-6-2-3-10-25(24)27(32)31-14-15-33-19-21(17-31)16-23-8-4-7-22-9-5-11-29-26(22)23/h2-13,21H,14-19H2,1H3. The van der Waals surface area contributed by atoms with Gasteiger partial charge in [-0.25, -0.2) is 4.98 Å². The van der Waals surface area contributed by atoms with Gasteiger partial charge >= 0.3 is 0 Å². The maximum Gasteiger partial charge on any atom is 0.254 e. The summed E-state index contributed by atoms with van der Waals surface area (Å²) in [4.78, 5) is 24.5. The molecule has 0 spiro atoms. The number of rotatable bonds is 5. The highest BCUT2D eigenvalue weighted by atomic mass is 16.5. The van der Waals surface area contributed by atoms with E-state index in [1.165, 1.54) is 5.56 Å². The molecule has 5 rings (SSSR count). The number of aryl methyl sites for hydroxylation is 1. The van der Waals surface area contributed by atoms with Crippen LogP contribution in [0.25, 0.3) is 10.9 Å². The average Bonchev–Trinajstić information content (AvgIpc) is 3.10. The Bertz CT molecular complexity index is 1260. The molecule has 6 heteroatoms. The van der Waals surface area contributed by atoms with Crippen molar-refractivity contribution in [2.75, 3.05) is 26.3 Å². The summed E-state index contributed by atoms with van der Waals surface area (Å²) in [5.41, 5.74) is 3.98. The Labute approximate surface area is 193 Å². The van der Waals surface area contributed by atoms with Crippen molar-refractivity contribution in [2.45, 2.75) is 19.9 Å². The molecule has 2 aromatic heterocycles. The van der Waals surface area contributed by atoms with Gasteiger partial charge < -0.3 is 14.2 Å². The number of benzene rings is 2. The molecular weight excluding hydrogens is 412 g/mol. The van der Waals surface area contributed by atoms with Gasteiger partial charge in [-0.05, 0) is 36.6 Å². The maximum absolute atomic E-state index is 13.6. The Balaban J connectivity index is 1.36. The molecule has 4 aromatic rings. The number of ether oxygens (including phenoxy) is 1. The fourth-order valence-corrected chi connectivity index (χ4v) is 4.62. The molecule has 2 aromatic carbocycles. The summed E-state index contributed by atoms with van der Waals surface area (Å²) >= 11 is 0. The summed E-state index contributed by atoms with van der Waals surface area (Å²) in [6.45, 7) is 5.07. The molecule has 1 saturated heterocycles. The van der Waals surface area contributed by atoms with Crippen LogP contribution in [0.5, 0.6) is 0 Å². The number of carbonyl (C=O) groups excluding carboxylic acids is 1. The predicted octanol–water partition coefficient (Wildman–Crippen LogP) is 4.12. The first kappa shape index (κ1) is 21.3. The van der Waals surface area contributed by atoms with Crippen LogP contribution in [0, 0.1) is 12.8 Å². The fourth-order valence-electron chi connectivity index (χ4n) is 4.62. The zero-order valence-electron chi connectivity index (χ0n) is 18.9. The van der Waals surface area contributed by atoms with Crippen LogP contribution in [0.15, 0.2) is 73.2 Å². The summed E-state index contributed by atoms with van der Waals surface area (Å²) in [6.07, 6.45) is 6.40. The third kappa shape index (κ3) is 4.66. The molecule has 0 N–H and O–H groups in total. The second kappa shape index (κ2) is 9.55. The molecule has 1 atom stereocenters. The summed E-state index contributed by atoms with van der Waals surface area (Å²) in [6, 6.07) is 18.2. The van der Waals surface area contributed by atoms with Crippen LogP contribution >= 0.6 is 0 Å². The van der Waals surface area contributed by atoms with Gasteiger partial charge in [0.2, 0.25) is 0 Å². The van der Waals surface area contributed by atoms with Gasteiger partial charge in [-0.3, -0.25) is 9.78 Å². The van der Waals surface area contributed by atoms with Gasteiger partial charge in [-0.2, -0.15) is 0 Å². The van der Waals surface area contributed by atoms with Crippen molar-refractivity contribution < 1.29 is 9.53 Å². The minimum absolute atomic E-state index is 0.0647. The molecule has 0 saturated carbocycles. The smallest absolute Gasteiger partial charge is 0.254 e. The van der Waals surface area contributed by atoms with Crippen LogP contribution in [0.4, 0.5) is 0 Å². The van der Waals surface area contributed by atoms with E-state index in [9.17, 15) is 4.79 Å². The molecule has 1 aliphatic rings. The molecule has 0 aliphatic carbocycles. The van der Waals surface area contributed by atoms with Crippen LogP contribution in [0.2, 0.25) is 0 Å². The molecule has 1 unspecified atom stereocenters. The molecule has 168 valence electrons. The van der Waals surface area contributed by atoms with E-state index < -0.39 is 0 Å². The molecule has 1 amide bonds. The zero-order chi connectivity index (χ0) is 22.6. The number of aromatic nitrogens is 3. The van der Waals surface area contributed by atoms with Crippen molar-refractivity contribution in [1.29, 1.82) is 0 Å². The maximum atomic E-state index is 13.6. The van der Waals surface area contributed by atoms with Gasteiger partial charge in [0.1, 0.15) is 5.82 Å². The monoisotopic (exact) mass is 440 g/mol. The van der Waals surface area contributed by atoms with Crippen molar-refractivity contribution in [3.05, 3.63) is 95.7 Å². The summed E-state index contributed by atoms with van der Waals surface area (Å²) in [5, 5.41) is 1.14. The Morgan fingerprint density at radius 3 is 2.76 bits per heavy atom. The minimum atomic E-state index is 0.0647. The van der Waals surface area contributed by atoms with E-state index >= 15 is 0 Å². The highest BCUT2D eigenvalue weighted by Gasteiger charge is 2.25. The molecule has 3 heterocycles. The van der Waals surface area contributed by atoms with Gasteiger partial charge in [0.25, 0.3) is 5.91 Å². The fraction of sp³-hybridized carbons (Fsp3) is 0.296. The van der Waals surface area contributed by atoms with E-state index in [0.29, 0.717) is 32.8 Å². The van der Waals surface area contributed by atoms with Crippen LogP contribution in [0.3, 0.4) is 0 Å². The SMILES string of the molecule is Cc1nccn1Cc1ccccc1C(=O)N1CCOCC(Cc2cccc3cccnc23)C1. The van der Waals surface area contributed by atoms with E-state index in [4.69, 9.17) is 4.74 Å². The Morgan fingerprint density at radius 1 is 1.03 bits per heavy atom. The van der Waals surface area contributed by atoms with Gasteiger partial charge in [-0.15, -0.1) is 0 Å².